The average molecular weight is 468 g/mol. The maximum atomic E-state index is 13.5. The standard InChI is InChI=1S/C24H26FN5O4/c1-13(2)34-20-14(19(31)26-16-5-4-6-30(21(16)32)17-7-15(17)25)8-29-9-18(27-22(29)28-20)24-10-23(3,11-24)33-12-24/h4-6,8-9,13,15,17H,7,10-12H2,1-3H3,(H,26,31)/t15-,17+,23?,24?/m0/s1. The lowest BCUT2D eigenvalue weighted by molar-refractivity contribution is 0.0154. The Balaban J connectivity index is 1.35. The highest BCUT2D eigenvalue weighted by atomic mass is 19.1. The maximum absolute atomic E-state index is 13.5. The van der Waals surface area contributed by atoms with Crippen LogP contribution in [0.5, 0.6) is 5.88 Å². The van der Waals surface area contributed by atoms with Crippen molar-refractivity contribution in [3.8, 4) is 5.88 Å². The Labute approximate surface area is 194 Å². The molecule has 2 saturated heterocycles. The Morgan fingerprint density at radius 3 is 2.74 bits per heavy atom. The van der Waals surface area contributed by atoms with Gasteiger partial charge in [0.05, 0.1) is 30.0 Å². The van der Waals surface area contributed by atoms with Crippen molar-refractivity contribution in [2.45, 2.75) is 69.4 Å². The lowest BCUT2D eigenvalue weighted by atomic mass is 9.62. The summed E-state index contributed by atoms with van der Waals surface area (Å²) in [6.07, 6.45) is 5.91. The van der Waals surface area contributed by atoms with Gasteiger partial charge >= 0.3 is 0 Å². The fourth-order valence-corrected chi connectivity index (χ4v) is 5.28. The second-order valence-corrected chi connectivity index (χ2v) is 10.2. The lowest BCUT2D eigenvalue weighted by Gasteiger charge is -2.41. The summed E-state index contributed by atoms with van der Waals surface area (Å²) >= 11 is 0. The van der Waals surface area contributed by atoms with Crippen molar-refractivity contribution >= 4 is 17.4 Å². The molecule has 2 aliphatic carbocycles. The second-order valence-electron chi connectivity index (χ2n) is 10.2. The summed E-state index contributed by atoms with van der Waals surface area (Å²) in [6, 6.07) is 2.65. The summed E-state index contributed by atoms with van der Waals surface area (Å²) < 4.78 is 28.3. The number of halogens is 1. The first-order valence-corrected chi connectivity index (χ1v) is 11.5. The van der Waals surface area contributed by atoms with Crippen LogP contribution in [0.4, 0.5) is 10.1 Å². The molecule has 2 atom stereocenters. The van der Waals surface area contributed by atoms with Gasteiger partial charge in [-0.1, -0.05) is 0 Å². The number of nitrogens with zero attached hydrogens (tertiary/aromatic N) is 4. The third kappa shape index (κ3) is 3.31. The van der Waals surface area contributed by atoms with Crippen LogP contribution in [0, 0.1) is 0 Å². The van der Waals surface area contributed by atoms with Gasteiger partial charge in [0.1, 0.15) is 17.4 Å². The van der Waals surface area contributed by atoms with E-state index in [9.17, 15) is 14.0 Å². The maximum Gasteiger partial charge on any atom is 0.274 e. The minimum absolute atomic E-state index is 0.0734. The molecule has 3 aromatic heterocycles. The van der Waals surface area contributed by atoms with Crippen LogP contribution in [-0.4, -0.2) is 49.3 Å². The minimum Gasteiger partial charge on any atom is -0.474 e. The average Bonchev–Trinajstić information content (AvgIpc) is 3.08. The number of carbonyl (C=O) groups is 1. The van der Waals surface area contributed by atoms with E-state index < -0.39 is 23.7 Å². The van der Waals surface area contributed by atoms with Crippen molar-refractivity contribution in [3.05, 3.63) is 52.3 Å². The number of carbonyl (C=O) groups excluding carboxylic acids is 1. The smallest absolute Gasteiger partial charge is 0.274 e. The summed E-state index contributed by atoms with van der Waals surface area (Å²) in [5.41, 5.74) is 0.498. The van der Waals surface area contributed by atoms with Gasteiger partial charge in [-0.05, 0) is 45.7 Å². The monoisotopic (exact) mass is 467 g/mol. The first-order chi connectivity index (χ1) is 16.2. The van der Waals surface area contributed by atoms with Gasteiger partial charge in [0, 0.05) is 30.4 Å². The van der Waals surface area contributed by atoms with Crippen molar-refractivity contribution in [3.63, 3.8) is 0 Å². The molecule has 1 N–H and O–H groups in total. The van der Waals surface area contributed by atoms with E-state index in [2.05, 4.69) is 17.2 Å². The molecule has 1 amide bonds. The van der Waals surface area contributed by atoms with Crippen molar-refractivity contribution in [2.24, 2.45) is 0 Å². The molecule has 4 aliphatic rings. The fourth-order valence-electron chi connectivity index (χ4n) is 5.28. The number of rotatable bonds is 6. The first-order valence-electron chi connectivity index (χ1n) is 11.5. The number of amides is 1. The van der Waals surface area contributed by atoms with Gasteiger partial charge in [0.25, 0.3) is 11.5 Å². The van der Waals surface area contributed by atoms with Crippen molar-refractivity contribution < 1.29 is 18.7 Å². The molecule has 2 saturated carbocycles. The molecule has 10 heteroatoms. The Hall–Kier alpha value is -3.27. The summed E-state index contributed by atoms with van der Waals surface area (Å²) in [5.74, 6) is 0.0289. The molecule has 0 radical (unpaired) electrons. The van der Waals surface area contributed by atoms with Crippen LogP contribution in [0.25, 0.3) is 5.78 Å². The Kier molecular flexibility index (Phi) is 4.45. The number of ether oxygens (including phenoxy) is 2. The second kappa shape index (κ2) is 7.11. The van der Waals surface area contributed by atoms with Gasteiger partial charge in [0.15, 0.2) is 0 Å². The van der Waals surface area contributed by atoms with Crippen molar-refractivity contribution in [1.82, 2.24) is 18.9 Å². The fraction of sp³-hybridized carbons (Fsp3) is 0.500. The summed E-state index contributed by atoms with van der Waals surface area (Å²) in [5, 5.41) is 2.66. The first kappa shape index (κ1) is 21.3. The van der Waals surface area contributed by atoms with Crippen LogP contribution >= 0.6 is 0 Å². The van der Waals surface area contributed by atoms with Gasteiger partial charge < -0.3 is 19.4 Å². The zero-order valence-corrected chi connectivity index (χ0v) is 19.2. The number of hydrogen-bond acceptors (Lipinski definition) is 6. The number of hydrogen-bond donors (Lipinski definition) is 1. The Bertz CT molecular complexity index is 1370. The highest BCUT2D eigenvalue weighted by Gasteiger charge is 2.61. The summed E-state index contributed by atoms with van der Waals surface area (Å²) in [7, 11) is 0. The predicted octanol–water partition coefficient (Wildman–Crippen LogP) is 3.03. The SMILES string of the molecule is CC(C)Oc1nc2nc(C34COC(C)(C3)C4)cn2cc1C(=O)Nc1cccn([C@@H]2C[C@@H]2F)c1=O. The van der Waals surface area contributed by atoms with Gasteiger partial charge in [-0.3, -0.25) is 14.0 Å². The topological polar surface area (TPSA) is 99.8 Å². The molecule has 5 heterocycles. The number of anilines is 1. The Morgan fingerprint density at radius 1 is 1.32 bits per heavy atom. The van der Waals surface area contributed by atoms with Crippen LogP contribution in [0.15, 0.2) is 35.5 Å². The molecular weight excluding hydrogens is 441 g/mol. The zero-order chi connectivity index (χ0) is 23.8. The van der Waals surface area contributed by atoms with Crippen LogP contribution in [-0.2, 0) is 10.2 Å². The van der Waals surface area contributed by atoms with E-state index in [0.29, 0.717) is 18.8 Å². The van der Waals surface area contributed by atoms with Crippen LogP contribution in [0.3, 0.4) is 0 Å². The molecular formula is C24H26FN5O4. The molecule has 0 unspecified atom stereocenters. The number of nitrogens with one attached hydrogen (secondary N) is 1. The molecule has 0 spiro atoms. The molecule has 2 bridgehead atoms. The van der Waals surface area contributed by atoms with E-state index in [1.807, 2.05) is 20.0 Å². The lowest BCUT2D eigenvalue weighted by Crippen LogP contribution is -2.45. The van der Waals surface area contributed by atoms with E-state index in [1.165, 1.54) is 16.8 Å². The van der Waals surface area contributed by atoms with E-state index in [0.717, 1.165) is 18.5 Å². The van der Waals surface area contributed by atoms with E-state index in [-0.39, 0.29) is 34.3 Å². The molecule has 2 aliphatic heterocycles. The highest BCUT2D eigenvalue weighted by molar-refractivity contribution is 6.05. The number of aromatic nitrogens is 4. The van der Waals surface area contributed by atoms with Crippen LogP contribution in [0.1, 0.15) is 62.1 Å². The van der Waals surface area contributed by atoms with Gasteiger partial charge in [-0.15, -0.1) is 0 Å². The summed E-state index contributed by atoms with van der Waals surface area (Å²) in [4.78, 5) is 35.2. The minimum atomic E-state index is -1.03. The van der Waals surface area contributed by atoms with Gasteiger partial charge in [-0.2, -0.15) is 4.98 Å². The molecule has 7 rings (SSSR count). The van der Waals surface area contributed by atoms with E-state index >= 15 is 0 Å². The molecule has 0 aromatic carbocycles. The van der Waals surface area contributed by atoms with Crippen LogP contribution in [0.2, 0.25) is 0 Å². The highest BCUT2D eigenvalue weighted by Crippen LogP contribution is 2.58. The van der Waals surface area contributed by atoms with Gasteiger partial charge in [-0.25, -0.2) is 9.37 Å². The number of pyridine rings is 1. The molecule has 3 aromatic rings. The number of imidazole rings is 1. The molecule has 34 heavy (non-hydrogen) atoms. The number of fused-ring (bicyclic) bond motifs is 2. The quantitative estimate of drug-likeness (QED) is 0.598. The van der Waals surface area contributed by atoms with E-state index in [4.69, 9.17) is 14.5 Å². The zero-order valence-electron chi connectivity index (χ0n) is 19.2. The van der Waals surface area contributed by atoms with Crippen LogP contribution < -0.4 is 15.6 Å². The third-order valence-corrected chi connectivity index (χ3v) is 6.93. The normalized spacial score (nSPS) is 29.3. The largest absolute Gasteiger partial charge is 0.474 e. The van der Waals surface area contributed by atoms with Gasteiger partial charge in [0.2, 0.25) is 11.7 Å². The molecule has 4 fully saturated rings. The number of alkyl halides is 1. The molecule has 178 valence electrons. The third-order valence-electron chi connectivity index (χ3n) is 6.93. The summed E-state index contributed by atoms with van der Waals surface area (Å²) in [6.45, 7) is 6.41. The van der Waals surface area contributed by atoms with Crippen molar-refractivity contribution in [2.75, 3.05) is 11.9 Å². The van der Waals surface area contributed by atoms with Crippen molar-refractivity contribution in [1.29, 1.82) is 0 Å². The van der Waals surface area contributed by atoms with E-state index in [1.54, 1.807) is 16.7 Å². The predicted molar refractivity (Wildman–Crippen MR) is 121 cm³/mol. The molecule has 9 nitrogen and oxygen atoms in total. The Morgan fingerprint density at radius 2 is 2.09 bits per heavy atom.